The number of quaternary nitrogens is 1. The van der Waals surface area contributed by atoms with Crippen LogP contribution in [0.3, 0.4) is 0 Å². The topological polar surface area (TPSA) is 108 Å². The van der Waals surface area contributed by atoms with Crippen LogP contribution in [0.15, 0.2) is 255 Å². The van der Waals surface area contributed by atoms with Gasteiger partial charge in [0.15, 0.2) is 6.10 Å². The molecule has 0 aromatic heterocycles. The standard InChI is InChI=1S/C92H142NO8P/c1-6-8-10-12-14-16-18-20-22-24-26-28-30-32-34-36-38-40-42-44-45-46-47-49-51-53-55-57-59-61-63-65-67-69-71-73-75-77-79-81-83-85-92(95)101-90(89-100-102(96,97)99-87-86-93(3,4)5)88-98-91(94)84-82-80-78-76-74-72-70-68-66-64-62-60-58-56-54-52-50-48-43-41-39-37-35-33-31-29-27-25-23-21-19-17-15-13-11-9-7-2/h8-11,14-17,20-23,26-29,32-35,38-41,44-45,47-50,53-56,59-62,65-68,90H,6-7,12-13,18-19,24-25,30-31,36-37,42-43,46,51-52,57-58,63-64,69-89H2,1-5H3/p+1/b10-8-,11-9-,16-14-,17-15-,22-20-,23-21-,28-26-,29-27-,34-32-,35-33-,40-38-,41-39-,45-44-,49-47-,50-48-,55-53-,56-54-,61-59-,62-60-,67-65-,68-66-. The first kappa shape index (κ1) is 95.5. The van der Waals surface area contributed by atoms with Crippen molar-refractivity contribution in [3.63, 3.8) is 0 Å². The quantitative estimate of drug-likeness (QED) is 0.0211. The molecule has 0 amide bonds. The van der Waals surface area contributed by atoms with E-state index in [1.807, 2.05) is 21.1 Å². The SMILES string of the molecule is CC/C=C\C/C=C\C/C=C\C/C=C\C/C=C\C/C=C\C/C=C\C/C=C\C/C=C\C/C=C\C/C=C\CCCCCCCCCC(=O)OC(COC(=O)CCCCCCCC/C=C\C/C=C\C/C=C\C/C=C\C/C=C\C/C=C\C/C=C\C/C=C\C/C=C\C/C=C\CC)COP(=O)(O)OCC[N+](C)(C)C. The van der Waals surface area contributed by atoms with Crippen LogP contribution in [0.25, 0.3) is 0 Å². The van der Waals surface area contributed by atoms with Crippen molar-refractivity contribution in [2.24, 2.45) is 0 Å². The van der Waals surface area contributed by atoms with E-state index < -0.39 is 32.5 Å². The van der Waals surface area contributed by atoms with Crippen molar-refractivity contribution in [3.8, 4) is 0 Å². The number of likely N-dealkylation sites (N-methyl/N-ethyl adjacent to an activating group) is 1. The molecule has 0 spiro atoms. The zero-order valence-electron chi connectivity index (χ0n) is 64.7. The molecule has 0 bridgehead atoms. The Morgan fingerprint density at radius 1 is 0.304 bits per heavy atom. The molecule has 2 atom stereocenters. The summed E-state index contributed by atoms with van der Waals surface area (Å²) in [5.41, 5.74) is 0. The fourth-order valence-electron chi connectivity index (χ4n) is 9.64. The smallest absolute Gasteiger partial charge is 0.462 e. The van der Waals surface area contributed by atoms with Crippen LogP contribution in [0.5, 0.6) is 0 Å². The molecular formula is C92H143NO8P+. The predicted octanol–water partition coefficient (Wildman–Crippen LogP) is 26.8. The summed E-state index contributed by atoms with van der Waals surface area (Å²) in [6.45, 7) is 4.14. The third-order valence-corrected chi connectivity index (χ3v) is 16.5. The van der Waals surface area contributed by atoms with Gasteiger partial charge in [0, 0.05) is 12.8 Å². The minimum Gasteiger partial charge on any atom is -0.462 e. The highest BCUT2D eigenvalue weighted by Crippen LogP contribution is 2.43. The molecule has 10 heteroatoms. The van der Waals surface area contributed by atoms with E-state index in [9.17, 15) is 19.0 Å². The summed E-state index contributed by atoms with van der Waals surface area (Å²) < 4.78 is 34.7. The van der Waals surface area contributed by atoms with Gasteiger partial charge in [0.2, 0.25) is 0 Å². The third-order valence-electron chi connectivity index (χ3n) is 15.6. The molecular weight excluding hydrogens is 1280 g/mol. The number of allylic oxidation sites excluding steroid dienone is 42. The maximum absolute atomic E-state index is 12.9. The molecule has 0 heterocycles. The van der Waals surface area contributed by atoms with Gasteiger partial charge in [0.1, 0.15) is 19.8 Å². The van der Waals surface area contributed by atoms with E-state index >= 15 is 0 Å². The number of nitrogens with zero attached hydrogens (tertiary/aromatic N) is 1. The fraction of sp³-hybridized carbons (Fsp3) is 0.522. The molecule has 0 aliphatic carbocycles. The van der Waals surface area contributed by atoms with E-state index in [1.165, 1.54) is 12.8 Å². The van der Waals surface area contributed by atoms with Crippen molar-refractivity contribution in [3.05, 3.63) is 255 Å². The van der Waals surface area contributed by atoms with Crippen molar-refractivity contribution in [2.75, 3.05) is 47.5 Å². The highest BCUT2D eigenvalue weighted by Gasteiger charge is 2.27. The van der Waals surface area contributed by atoms with E-state index in [1.54, 1.807) is 0 Å². The molecule has 0 rings (SSSR count). The lowest BCUT2D eigenvalue weighted by Gasteiger charge is -2.24. The molecule has 0 aromatic carbocycles. The first-order chi connectivity index (χ1) is 50.0. The highest BCUT2D eigenvalue weighted by atomic mass is 31.2. The normalized spacial score (nSPS) is 14.5. The third kappa shape index (κ3) is 82.5. The molecule has 0 saturated carbocycles. The number of rotatable bonds is 69. The molecule has 2 unspecified atom stereocenters. The van der Waals surface area contributed by atoms with Crippen LogP contribution in [0.1, 0.15) is 258 Å². The Morgan fingerprint density at radius 2 is 0.529 bits per heavy atom. The van der Waals surface area contributed by atoms with Crippen LogP contribution < -0.4 is 0 Å². The maximum Gasteiger partial charge on any atom is 0.472 e. The van der Waals surface area contributed by atoms with E-state index in [0.717, 1.165) is 205 Å². The molecule has 1 N–H and O–H groups in total. The lowest BCUT2D eigenvalue weighted by molar-refractivity contribution is -0.870. The number of carbonyl (C=O) groups is 2. The number of phosphoric acid groups is 1. The Kier molecular flexibility index (Phi) is 73.7. The number of unbranched alkanes of at least 4 members (excludes halogenated alkanes) is 13. The zero-order chi connectivity index (χ0) is 74.0. The second kappa shape index (κ2) is 78.7. The van der Waals surface area contributed by atoms with Gasteiger partial charge in [-0.25, -0.2) is 4.57 Å². The number of hydrogen-bond donors (Lipinski definition) is 1. The van der Waals surface area contributed by atoms with Crippen molar-refractivity contribution >= 4 is 19.8 Å². The summed E-state index contributed by atoms with van der Waals surface area (Å²) in [5, 5.41) is 0. The molecule has 0 fully saturated rings. The van der Waals surface area contributed by atoms with Crippen LogP contribution in [0, 0.1) is 0 Å². The summed E-state index contributed by atoms with van der Waals surface area (Å²) in [7, 11) is 1.42. The Morgan fingerprint density at radius 3 is 0.784 bits per heavy atom. The van der Waals surface area contributed by atoms with Crippen molar-refractivity contribution < 1.29 is 42.1 Å². The summed E-state index contributed by atoms with van der Waals surface area (Å²) in [4.78, 5) is 36.0. The van der Waals surface area contributed by atoms with Crippen molar-refractivity contribution in [2.45, 2.75) is 264 Å². The number of carbonyl (C=O) groups excluding carboxylic acids is 2. The number of esters is 2. The second-order valence-corrected chi connectivity index (χ2v) is 27.7. The number of ether oxygens (including phenoxy) is 2. The first-order valence-electron chi connectivity index (χ1n) is 39.4. The van der Waals surface area contributed by atoms with Gasteiger partial charge in [0.05, 0.1) is 27.7 Å². The summed E-state index contributed by atoms with van der Waals surface area (Å²) >= 11 is 0. The molecule has 0 aliphatic rings. The summed E-state index contributed by atoms with van der Waals surface area (Å²) in [5.74, 6) is -0.846. The van der Waals surface area contributed by atoms with Gasteiger partial charge in [-0.3, -0.25) is 18.6 Å². The van der Waals surface area contributed by atoms with Gasteiger partial charge in [-0.2, -0.15) is 0 Å². The monoisotopic (exact) mass is 1420 g/mol. The van der Waals surface area contributed by atoms with Gasteiger partial charge in [-0.1, -0.05) is 327 Å². The van der Waals surface area contributed by atoms with Crippen molar-refractivity contribution in [1.29, 1.82) is 0 Å². The zero-order valence-corrected chi connectivity index (χ0v) is 65.6. The lowest BCUT2D eigenvalue weighted by atomic mass is 10.1. The molecule has 102 heavy (non-hydrogen) atoms. The average molecular weight is 1420 g/mol. The minimum atomic E-state index is -4.42. The Balaban J connectivity index is 4.18. The first-order valence-corrected chi connectivity index (χ1v) is 40.9. The van der Waals surface area contributed by atoms with Gasteiger partial charge < -0.3 is 18.9 Å². The summed E-state index contributed by atoms with van der Waals surface area (Å²) in [6, 6.07) is 0. The van der Waals surface area contributed by atoms with Crippen LogP contribution in [-0.2, 0) is 32.7 Å². The van der Waals surface area contributed by atoms with Crippen LogP contribution >= 0.6 is 7.82 Å². The van der Waals surface area contributed by atoms with Gasteiger partial charge in [-0.15, -0.1) is 0 Å². The molecule has 0 radical (unpaired) electrons. The Labute approximate surface area is 625 Å². The fourth-order valence-corrected chi connectivity index (χ4v) is 10.4. The van der Waals surface area contributed by atoms with Crippen molar-refractivity contribution in [1.82, 2.24) is 0 Å². The maximum atomic E-state index is 12.9. The van der Waals surface area contributed by atoms with Gasteiger partial charge >= 0.3 is 19.8 Å². The van der Waals surface area contributed by atoms with Gasteiger partial charge in [-0.05, 0) is 173 Å². The lowest BCUT2D eigenvalue weighted by Crippen LogP contribution is -2.37. The average Bonchev–Trinajstić information content (AvgIpc) is 0.916. The molecule has 0 saturated heterocycles. The Hall–Kier alpha value is -6.45. The predicted molar refractivity (Wildman–Crippen MR) is 444 cm³/mol. The molecule has 9 nitrogen and oxygen atoms in total. The molecule has 0 aromatic rings. The summed E-state index contributed by atoms with van der Waals surface area (Å²) in [6.07, 6.45) is 130. The molecule has 0 aliphatic heterocycles. The minimum absolute atomic E-state index is 0.0126. The second-order valence-electron chi connectivity index (χ2n) is 26.3. The van der Waals surface area contributed by atoms with E-state index in [0.29, 0.717) is 23.9 Å². The Bertz CT molecular complexity index is 2680. The largest absolute Gasteiger partial charge is 0.472 e. The highest BCUT2D eigenvalue weighted by molar-refractivity contribution is 7.47. The van der Waals surface area contributed by atoms with Crippen LogP contribution in [0.2, 0.25) is 0 Å². The molecule has 568 valence electrons. The van der Waals surface area contributed by atoms with Crippen LogP contribution in [-0.4, -0.2) is 74.9 Å². The van der Waals surface area contributed by atoms with E-state index in [4.69, 9.17) is 18.5 Å². The van der Waals surface area contributed by atoms with Crippen LogP contribution in [0.4, 0.5) is 0 Å². The van der Waals surface area contributed by atoms with Gasteiger partial charge in [0.25, 0.3) is 0 Å². The number of phosphoric ester groups is 1. The number of hydrogen-bond acceptors (Lipinski definition) is 7. The van der Waals surface area contributed by atoms with E-state index in [-0.39, 0.29) is 26.1 Å². The van der Waals surface area contributed by atoms with E-state index in [2.05, 4.69) is 269 Å².